The monoisotopic (exact) mass is 235 g/mol. The highest BCUT2D eigenvalue weighted by Gasteiger charge is 2.22. The summed E-state index contributed by atoms with van der Waals surface area (Å²) >= 11 is 0. The van der Waals surface area contributed by atoms with Gasteiger partial charge in [-0.15, -0.1) is 0 Å². The first kappa shape index (κ1) is 11.2. The number of hydrogen-bond acceptors (Lipinski definition) is 3. The molecule has 0 aromatic heterocycles. The summed E-state index contributed by atoms with van der Waals surface area (Å²) in [6, 6.07) is 0. The van der Waals surface area contributed by atoms with Gasteiger partial charge < -0.3 is 9.16 Å². The summed E-state index contributed by atoms with van der Waals surface area (Å²) in [5.74, 6) is 1.72. The van der Waals surface area contributed by atoms with Crippen LogP contribution in [0.2, 0.25) is 19.6 Å². The molecule has 16 heavy (non-hydrogen) atoms. The van der Waals surface area contributed by atoms with E-state index in [2.05, 4.69) is 36.8 Å². The van der Waals surface area contributed by atoms with Crippen molar-refractivity contribution in [2.24, 2.45) is 4.99 Å². The van der Waals surface area contributed by atoms with E-state index in [4.69, 9.17) is 9.16 Å². The predicted molar refractivity (Wildman–Crippen MR) is 67.7 cm³/mol. The zero-order valence-corrected chi connectivity index (χ0v) is 11.2. The van der Waals surface area contributed by atoms with Gasteiger partial charge in [0.05, 0.1) is 18.6 Å². The summed E-state index contributed by atoms with van der Waals surface area (Å²) < 4.78 is 11.1. The van der Waals surface area contributed by atoms with Gasteiger partial charge >= 0.3 is 0 Å². The number of ether oxygens (including phenoxy) is 1. The quantitative estimate of drug-likeness (QED) is 0.689. The topological polar surface area (TPSA) is 30.8 Å². The molecule has 0 spiro atoms. The van der Waals surface area contributed by atoms with Crippen molar-refractivity contribution in [3.63, 3.8) is 0 Å². The molecule has 86 valence electrons. The van der Waals surface area contributed by atoms with Crippen LogP contribution < -0.4 is 0 Å². The second kappa shape index (κ2) is 3.94. The lowest BCUT2D eigenvalue weighted by molar-refractivity contribution is 0.407. The number of rotatable bonds is 2. The van der Waals surface area contributed by atoms with Gasteiger partial charge in [0.1, 0.15) is 0 Å². The molecule has 0 aromatic rings. The van der Waals surface area contributed by atoms with Crippen LogP contribution in [-0.2, 0) is 9.16 Å². The Morgan fingerprint density at radius 2 is 2.00 bits per heavy atom. The summed E-state index contributed by atoms with van der Waals surface area (Å²) in [6.07, 6.45) is 6.94. The Kier molecular flexibility index (Phi) is 2.76. The maximum atomic E-state index is 5.98. The van der Waals surface area contributed by atoms with E-state index >= 15 is 0 Å². The lowest BCUT2D eigenvalue weighted by atomic mass is 10.1. The molecule has 1 aliphatic heterocycles. The van der Waals surface area contributed by atoms with Crippen LogP contribution in [0.5, 0.6) is 0 Å². The lowest BCUT2D eigenvalue weighted by Gasteiger charge is -2.23. The van der Waals surface area contributed by atoms with Crippen molar-refractivity contribution in [3.05, 3.63) is 35.3 Å². The van der Waals surface area contributed by atoms with Gasteiger partial charge in [-0.05, 0) is 25.7 Å². The summed E-state index contributed by atoms with van der Waals surface area (Å²) in [5, 5.41) is 0. The van der Waals surface area contributed by atoms with Crippen molar-refractivity contribution in [2.75, 3.05) is 7.11 Å². The zero-order valence-electron chi connectivity index (χ0n) is 10.2. The summed E-state index contributed by atoms with van der Waals surface area (Å²) in [6.45, 7) is 6.56. The van der Waals surface area contributed by atoms with Gasteiger partial charge in [-0.2, -0.15) is 0 Å². The van der Waals surface area contributed by atoms with Gasteiger partial charge in [-0.25, -0.2) is 4.99 Å². The van der Waals surface area contributed by atoms with E-state index in [0.717, 1.165) is 23.5 Å². The van der Waals surface area contributed by atoms with Crippen molar-refractivity contribution in [2.45, 2.75) is 26.1 Å². The molecule has 0 aromatic carbocycles. The molecule has 1 heterocycles. The van der Waals surface area contributed by atoms with Crippen molar-refractivity contribution >= 4 is 14.2 Å². The maximum absolute atomic E-state index is 5.98. The van der Waals surface area contributed by atoms with Crippen LogP contribution in [0.4, 0.5) is 0 Å². The SMILES string of the molecule is COC1=NC2=CCC(O[Si](C)(C)C)=CC2=C1. The molecule has 0 amide bonds. The Balaban J connectivity index is 2.15. The number of allylic oxidation sites excluding steroid dienone is 2. The first-order valence-corrected chi connectivity index (χ1v) is 8.83. The van der Waals surface area contributed by atoms with Crippen LogP contribution >= 0.6 is 0 Å². The standard InChI is InChI=1S/C12H17NO2Si/c1-14-12-8-9-7-10(15-16(2,3)4)5-6-11(9)13-12/h6-8H,5H2,1-4H3. The lowest BCUT2D eigenvalue weighted by Crippen LogP contribution is -2.25. The second-order valence-electron chi connectivity index (χ2n) is 4.87. The molecule has 0 radical (unpaired) electrons. The van der Waals surface area contributed by atoms with Crippen LogP contribution in [0.3, 0.4) is 0 Å². The van der Waals surface area contributed by atoms with Crippen LogP contribution in [0.1, 0.15) is 6.42 Å². The van der Waals surface area contributed by atoms with Crippen LogP contribution in [0, 0.1) is 0 Å². The predicted octanol–water partition coefficient (Wildman–Crippen LogP) is 2.99. The fourth-order valence-corrected chi connectivity index (χ4v) is 2.63. The van der Waals surface area contributed by atoms with Crippen LogP contribution in [0.25, 0.3) is 0 Å². The molecule has 2 rings (SSSR count). The second-order valence-corrected chi connectivity index (χ2v) is 9.30. The number of nitrogens with zero attached hydrogens (tertiary/aromatic N) is 1. The Morgan fingerprint density at radius 3 is 2.62 bits per heavy atom. The minimum Gasteiger partial charge on any atom is -0.547 e. The highest BCUT2D eigenvalue weighted by Crippen LogP contribution is 2.29. The fourth-order valence-electron chi connectivity index (χ4n) is 1.70. The molecule has 0 bridgehead atoms. The molecule has 0 unspecified atom stereocenters. The van der Waals surface area contributed by atoms with E-state index in [1.54, 1.807) is 7.11 Å². The third kappa shape index (κ3) is 2.44. The maximum Gasteiger partial charge on any atom is 0.241 e. The van der Waals surface area contributed by atoms with Crippen molar-refractivity contribution < 1.29 is 9.16 Å². The van der Waals surface area contributed by atoms with Crippen LogP contribution in [-0.4, -0.2) is 21.3 Å². The molecule has 3 nitrogen and oxygen atoms in total. The Bertz CT molecular complexity index is 425. The Labute approximate surface area is 97.3 Å². The molecule has 4 heteroatoms. The van der Waals surface area contributed by atoms with E-state index in [9.17, 15) is 0 Å². The Hall–Kier alpha value is -1.29. The molecule has 0 saturated heterocycles. The van der Waals surface area contributed by atoms with Crippen LogP contribution in [0.15, 0.2) is 40.2 Å². The zero-order chi connectivity index (χ0) is 11.8. The summed E-state index contributed by atoms with van der Waals surface area (Å²) in [4.78, 5) is 4.33. The smallest absolute Gasteiger partial charge is 0.241 e. The molecule has 0 saturated carbocycles. The van der Waals surface area contributed by atoms with Gasteiger partial charge in [0.15, 0.2) is 0 Å². The molecular formula is C12H17NO2Si. The number of methoxy groups -OCH3 is 1. The molecular weight excluding hydrogens is 218 g/mol. The van der Waals surface area contributed by atoms with Gasteiger partial charge in [-0.3, -0.25) is 0 Å². The first-order chi connectivity index (χ1) is 7.48. The molecule has 0 fully saturated rings. The largest absolute Gasteiger partial charge is 0.547 e. The van der Waals surface area contributed by atoms with E-state index in [1.165, 1.54) is 0 Å². The van der Waals surface area contributed by atoms with E-state index in [0.29, 0.717) is 5.90 Å². The van der Waals surface area contributed by atoms with Crippen molar-refractivity contribution in [3.8, 4) is 0 Å². The fraction of sp³-hybridized carbons (Fsp3) is 0.417. The summed E-state index contributed by atoms with van der Waals surface area (Å²) in [7, 11) is 0.129. The average Bonchev–Trinajstić information content (AvgIpc) is 2.57. The number of hydrogen-bond donors (Lipinski definition) is 0. The first-order valence-electron chi connectivity index (χ1n) is 5.42. The van der Waals surface area contributed by atoms with Gasteiger partial charge in [0.25, 0.3) is 0 Å². The highest BCUT2D eigenvalue weighted by atomic mass is 28.4. The summed E-state index contributed by atoms with van der Waals surface area (Å²) in [5.41, 5.74) is 2.09. The molecule has 2 aliphatic rings. The third-order valence-electron chi connectivity index (χ3n) is 2.26. The minimum absolute atomic E-state index is 0.673. The molecule has 1 aliphatic carbocycles. The van der Waals surface area contributed by atoms with Gasteiger partial charge in [0, 0.05) is 18.1 Å². The molecule has 0 atom stereocenters. The van der Waals surface area contributed by atoms with E-state index in [1.807, 2.05) is 6.08 Å². The van der Waals surface area contributed by atoms with Gasteiger partial charge in [0.2, 0.25) is 14.2 Å². The van der Waals surface area contributed by atoms with Gasteiger partial charge in [-0.1, -0.05) is 6.08 Å². The van der Waals surface area contributed by atoms with Crippen molar-refractivity contribution in [1.82, 2.24) is 0 Å². The molecule has 0 N–H and O–H groups in total. The normalized spacial score (nSPS) is 19.2. The number of aliphatic imine (C=N–C) groups is 1. The average molecular weight is 235 g/mol. The van der Waals surface area contributed by atoms with Crippen molar-refractivity contribution in [1.29, 1.82) is 0 Å². The highest BCUT2D eigenvalue weighted by molar-refractivity contribution is 6.70. The van der Waals surface area contributed by atoms with E-state index < -0.39 is 8.32 Å². The van der Waals surface area contributed by atoms with E-state index in [-0.39, 0.29) is 0 Å². The third-order valence-corrected chi connectivity index (χ3v) is 3.14. The number of fused-ring (bicyclic) bond motifs is 1. The minimum atomic E-state index is -1.51. The Morgan fingerprint density at radius 1 is 1.25 bits per heavy atom.